The van der Waals surface area contributed by atoms with Gasteiger partial charge < -0.3 is 9.13 Å². The number of nitrogens with zero attached hydrogens (tertiary/aromatic N) is 4. The quantitative estimate of drug-likeness (QED) is 0.140. The van der Waals surface area contributed by atoms with Gasteiger partial charge in [0.15, 0.2) is 0 Å². The second-order valence-electron chi connectivity index (χ2n) is 21.9. The standard InChI is InChI=1S/C80H46N4S2/c1-82-72-69(53-32-16-6-17-33-53)65(48-81)73(70(54-34-18-7-19-35-54)76(72)83-66-41-21-20-36-64(66)71-67(83)47-46-55(49-24-8-2-9-25-49)68(71)52-30-14-5-15-31-52)84-74-58(42-44-62-60-39-22-37-56(77(60)85-79(62)74)50-26-10-3-11-27-50)59-43-45-63-61-40-23-38-57(51-28-12-4-13-29-51)78(61)86-80(63)75(59)84/h2-47H. The minimum absolute atomic E-state index is 0.395. The van der Waals surface area contributed by atoms with Crippen LogP contribution in [0.2, 0.25) is 0 Å². The number of aromatic nitrogens is 2. The Morgan fingerprint density at radius 2 is 0.721 bits per heavy atom. The van der Waals surface area contributed by atoms with Crippen molar-refractivity contribution in [2.24, 2.45) is 0 Å². The third kappa shape index (κ3) is 7.32. The largest absolute Gasteiger partial charge is 0.318 e. The van der Waals surface area contributed by atoms with Crippen LogP contribution in [0.1, 0.15) is 5.56 Å². The van der Waals surface area contributed by atoms with E-state index in [0.29, 0.717) is 22.5 Å². The van der Waals surface area contributed by atoms with Crippen LogP contribution in [0.3, 0.4) is 0 Å². The molecule has 4 nitrogen and oxygen atoms in total. The van der Waals surface area contributed by atoms with Gasteiger partial charge in [0.25, 0.3) is 0 Å². The SMILES string of the molecule is [C-]#[N+]c1c(-c2ccccc2)c(C#N)c(-n2c3c(ccc4c5cccc(-c6ccccc6)c5sc43)c3ccc4c5cccc(-c6ccccc6)c5sc4c32)c(-c2ccccc2)c1-n1c2ccccc2c2c(-c3ccccc3)c(-c3ccccc3)ccc21. The van der Waals surface area contributed by atoms with Crippen molar-refractivity contribution in [1.29, 1.82) is 5.26 Å². The van der Waals surface area contributed by atoms with Crippen molar-refractivity contribution < 1.29 is 0 Å². The summed E-state index contributed by atoms with van der Waals surface area (Å²) in [4.78, 5) is 4.71. The van der Waals surface area contributed by atoms with Crippen LogP contribution in [0.5, 0.6) is 0 Å². The molecule has 4 aromatic heterocycles. The molecular weight excluding hydrogens is 1080 g/mol. The van der Waals surface area contributed by atoms with Crippen LogP contribution in [-0.4, -0.2) is 9.13 Å². The summed E-state index contributed by atoms with van der Waals surface area (Å²) >= 11 is 3.64. The van der Waals surface area contributed by atoms with E-state index in [9.17, 15) is 11.8 Å². The highest BCUT2D eigenvalue weighted by molar-refractivity contribution is 7.28. The van der Waals surface area contributed by atoms with Crippen molar-refractivity contribution in [3.63, 3.8) is 0 Å². The Labute approximate surface area is 503 Å². The summed E-state index contributed by atoms with van der Waals surface area (Å²) < 4.78 is 9.47. The summed E-state index contributed by atoms with van der Waals surface area (Å²) in [6.07, 6.45) is 0. The van der Waals surface area contributed by atoms with Crippen LogP contribution in [0.4, 0.5) is 5.69 Å². The van der Waals surface area contributed by atoms with Gasteiger partial charge in [0.1, 0.15) is 6.07 Å². The van der Waals surface area contributed by atoms with Crippen molar-refractivity contribution in [2.45, 2.75) is 0 Å². The number of thiophene rings is 2. The van der Waals surface area contributed by atoms with Gasteiger partial charge >= 0.3 is 0 Å². The Morgan fingerprint density at radius 3 is 1.21 bits per heavy atom. The molecular formula is C80H46N4S2. The molecule has 17 rings (SSSR count). The van der Waals surface area contributed by atoms with Crippen LogP contribution in [0, 0.1) is 17.9 Å². The third-order valence-electron chi connectivity index (χ3n) is 17.4. The lowest BCUT2D eigenvalue weighted by molar-refractivity contribution is 1.14. The average Bonchev–Trinajstić information content (AvgIpc) is 1.70. The molecule has 0 aliphatic rings. The molecule has 0 spiro atoms. The van der Waals surface area contributed by atoms with Crippen molar-refractivity contribution in [3.8, 4) is 84.2 Å². The molecule has 0 radical (unpaired) electrons. The molecule has 17 aromatic rings. The van der Waals surface area contributed by atoms with Gasteiger partial charge in [0, 0.05) is 63.6 Å². The molecule has 0 aliphatic carbocycles. The zero-order valence-electron chi connectivity index (χ0n) is 46.2. The number of benzene rings is 13. The zero-order valence-corrected chi connectivity index (χ0v) is 47.8. The third-order valence-corrected chi connectivity index (χ3v) is 19.9. The number of nitriles is 1. The molecule has 0 amide bonds. The molecule has 0 fully saturated rings. The fourth-order valence-electron chi connectivity index (χ4n) is 13.8. The Hall–Kier alpha value is -11.1. The van der Waals surface area contributed by atoms with E-state index in [2.05, 4.69) is 276 Å². The van der Waals surface area contributed by atoms with Gasteiger partial charge in [0.05, 0.1) is 55.0 Å². The molecule has 6 heteroatoms. The van der Waals surface area contributed by atoms with Crippen molar-refractivity contribution in [2.75, 3.05) is 0 Å². The molecule has 86 heavy (non-hydrogen) atoms. The van der Waals surface area contributed by atoms with Gasteiger partial charge in [-0.25, -0.2) is 4.85 Å². The highest BCUT2D eigenvalue weighted by Gasteiger charge is 2.34. The van der Waals surface area contributed by atoms with Crippen molar-refractivity contribution in [3.05, 3.63) is 296 Å². The molecule has 0 aliphatic heterocycles. The van der Waals surface area contributed by atoms with E-state index in [1.807, 2.05) is 40.9 Å². The zero-order chi connectivity index (χ0) is 57.0. The Kier molecular flexibility index (Phi) is 11.4. The average molecular weight is 1130 g/mol. The van der Waals surface area contributed by atoms with E-state index in [1.165, 1.54) is 31.3 Å². The summed E-state index contributed by atoms with van der Waals surface area (Å²) in [5, 5.41) is 21.5. The van der Waals surface area contributed by atoms with Crippen LogP contribution in [0.25, 0.3) is 167 Å². The first-order valence-corrected chi connectivity index (χ1v) is 30.5. The molecule has 0 N–H and O–H groups in total. The maximum atomic E-state index is 12.6. The van der Waals surface area contributed by atoms with E-state index in [4.69, 9.17) is 4.85 Å². The Balaban J connectivity index is 1.13. The first-order chi connectivity index (χ1) is 42.7. The van der Waals surface area contributed by atoms with Gasteiger partial charge in [-0.15, -0.1) is 22.7 Å². The Bertz CT molecular complexity index is 5520. The molecule has 398 valence electrons. The monoisotopic (exact) mass is 1130 g/mol. The van der Waals surface area contributed by atoms with Crippen LogP contribution in [0.15, 0.2) is 279 Å². The molecule has 0 saturated carbocycles. The molecule has 0 unspecified atom stereocenters. The van der Waals surface area contributed by atoms with Gasteiger partial charge in [-0.3, -0.25) is 0 Å². The Morgan fingerprint density at radius 1 is 0.314 bits per heavy atom. The van der Waals surface area contributed by atoms with E-state index in [-0.39, 0.29) is 0 Å². The fourth-order valence-corrected chi connectivity index (χ4v) is 16.5. The highest BCUT2D eigenvalue weighted by atomic mass is 32.1. The summed E-state index contributed by atoms with van der Waals surface area (Å²) in [7, 11) is 0. The summed E-state index contributed by atoms with van der Waals surface area (Å²) in [5.41, 5.74) is 18.3. The number of hydrogen-bond donors (Lipinski definition) is 0. The highest BCUT2D eigenvalue weighted by Crippen LogP contribution is 2.56. The smallest absolute Gasteiger partial charge is 0.220 e. The topological polar surface area (TPSA) is 38.0 Å². The van der Waals surface area contributed by atoms with Crippen LogP contribution in [-0.2, 0) is 0 Å². The summed E-state index contributed by atoms with van der Waals surface area (Å²) in [6, 6.07) is 102. The van der Waals surface area contributed by atoms with E-state index >= 15 is 0 Å². The lowest BCUT2D eigenvalue weighted by Gasteiger charge is -2.26. The van der Waals surface area contributed by atoms with Crippen LogP contribution < -0.4 is 0 Å². The van der Waals surface area contributed by atoms with Crippen molar-refractivity contribution in [1.82, 2.24) is 9.13 Å². The maximum Gasteiger partial charge on any atom is 0.220 e. The lowest BCUT2D eigenvalue weighted by atomic mass is 9.88. The van der Waals surface area contributed by atoms with E-state index < -0.39 is 0 Å². The van der Waals surface area contributed by atoms with Gasteiger partial charge in [-0.05, 0) is 67.8 Å². The second-order valence-corrected chi connectivity index (χ2v) is 23.9. The lowest BCUT2D eigenvalue weighted by Crippen LogP contribution is -2.09. The van der Waals surface area contributed by atoms with Gasteiger partial charge in [0.2, 0.25) is 5.69 Å². The van der Waals surface area contributed by atoms with E-state index in [1.54, 1.807) is 0 Å². The second kappa shape index (κ2) is 19.8. The first kappa shape index (κ1) is 49.5. The van der Waals surface area contributed by atoms with Gasteiger partial charge in [-0.1, -0.05) is 267 Å². The maximum absolute atomic E-state index is 12.6. The predicted octanol–water partition coefficient (Wildman–Crippen LogP) is 23.0. The first-order valence-electron chi connectivity index (χ1n) is 28.8. The molecule has 4 heterocycles. The number of rotatable bonds is 8. The number of fused-ring (bicyclic) bond motifs is 14. The van der Waals surface area contributed by atoms with Crippen LogP contribution >= 0.6 is 22.7 Å². The van der Waals surface area contributed by atoms with E-state index in [0.717, 1.165) is 120 Å². The predicted molar refractivity (Wildman–Crippen MR) is 364 cm³/mol. The molecule has 0 bridgehead atoms. The minimum Gasteiger partial charge on any atom is -0.318 e. The summed E-state index contributed by atoms with van der Waals surface area (Å²) in [6.45, 7) is 9.68. The number of hydrogen-bond acceptors (Lipinski definition) is 3. The molecule has 0 atom stereocenters. The molecule has 0 saturated heterocycles. The molecule has 13 aromatic carbocycles. The normalized spacial score (nSPS) is 11.7. The summed E-state index contributed by atoms with van der Waals surface area (Å²) in [5.74, 6) is 0. The minimum atomic E-state index is 0.395. The van der Waals surface area contributed by atoms with Crippen molar-refractivity contribution >= 4 is 112 Å². The number of para-hydroxylation sites is 1. The fraction of sp³-hybridized carbons (Fsp3) is 0. The van der Waals surface area contributed by atoms with Gasteiger partial charge in [-0.2, -0.15) is 5.26 Å².